The van der Waals surface area contributed by atoms with Crippen molar-refractivity contribution in [3.63, 3.8) is 0 Å². The predicted molar refractivity (Wildman–Crippen MR) is 45.9 cm³/mol. The predicted octanol–water partition coefficient (Wildman–Crippen LogP) is 0.604. The van der Waals surface area contributed by atoms with Crippen LogP contribution in [0.4, 0.5) is 0 Å². The first-order valence-corrected chi connectivity index (χ1v) is 4.10. The monoisotopic (exact) mass is 175 g/mol. The van der Waals surface area contributed by atoms with Crippen molar-refractivity contribution in [1.29, 1.82) is 0 Å². The lowest BCUT2D eigenvalue weighted by Gasteiger charge is -2.25. The summed E-state index contributed by atoms with van der Waals surface area (Å²) < 4.78 is 5.27. The van der Waals surface area contributed by atoms with Crippen LogP contribution in [-0.2, 0) is 9.53 Å². The highest BCUT2D eigenvalue weighted by molar-refractivity contribution is 5.62. The molecule has 0 saturated carbocycles. The third-order valence-corrected chi connectivity index (χ3v) is 1.67. The fourth-order valence-corrected chi connectivity index (χ4v) is 0.947. The van der Waals surface area contributed by atoms with Gasteiger partial charge in [-0.2, -0.15) is 0 Å². The van der Waals surface area contributed by atoms with E-state index >= 15 is 0 Å². The molecule has 1 heterocycles. The van der Waals surface area contributed by atoms with E-state index in [2.05, 4.69) is 0 Å². The number of ether oxygens (including phenoxy) is 1. The van der Waals surface area contributed by atoms with E-state index in [1.165, 1.54) is 0 Å². The van der Waals surface area contributed by atoms with Gasteiger partial charge in [0.05, 0.1) is 6.10 Å². The summed E-state index contributed by atoms with van der Waals surface area (Å²) in [7, 11) is 0. The van der Waals surface area contributed by atoms with Gasteiger partial charge in [-0.25, -0.2) is 0 Å². The minimum Gasteiger partial charge on any atom is -0.481 e. The lowest BCUT2D eigenvalue weighted by molar-refractivity contribution is -0.134. The van der Waals surface area contributed by atoms with Gasteiger partial charge >= 0.3 is 0 Å². The molecule has 12 heavy (non-hydrogen) atoms. The van der Waals surface area contributed by atoms with Crippen molar-refractivity contribution in [3.8, 4) is 0 Å². The van der Waals surface area contributed by atoms with Gasteiger partial charge in [-0.1, -0.05) is 0 Å². The lowest BCUT2D eigenvalue weighted by atomic mass is 10.1. The van der Waals surface area contributed by atoms with E-state index < -0.39 is 5.97 Å². The zero-order valence-electron chi connectivity index (χ0n) is 7.62. The van der Waals surface area contributed by atoms with Crippen LogP contribution in [0.25, 0.3) is 0 Å². The van der Waals surface area contributed by atoms with Gasteiger partial charge in [-0.15, -0.1) is 0 Å². The highest BCUT2D eigenvalue weighted by Crippen LogP contribution is 2.10. The second-order valence-corrected chi connectivity index (χ2v) is 2.90. The van der Waals surface area contributed by atoms with Gasteiger partial charge in [-0.05, 0) is 19.8 Å². The molecule has 1 aliphatic heterocycles. The number of carboxylic acids is 1. The molecule has 2 unspecified atom stereocenters. The highest BCUT2D eigenvalue weighted by Gasteiger charge is 2.16. The summed E-state index contributed by atoms with van der Waals surface area (Å²) in [5.41, 5.74) is 5.65. The van der Waals surface area contributed by atoms with Crippen LogP contribution >= 0.6 is 0 Å². The highest BCUT2D eigenvalue weighted by atomic mass is 16.5. The van der Waals surface area contributed by atoms with E-state index in [1.807, 2.05) is 6.92 Å². The quantitative estimate of drug-likeness (QED) is 0.565. The third-order valence-electron chi connectivity index (χ3n) is 1.67. The van der Waals surface area contributed by atoms with Gasteiger partial charge in [0.25, 0.3) is 5.97 Å². The maximum atomic E-state index is 9.00. The van der Waals surface area contributed by atoms with Gasteiger partial charge in [0.15, 0.2) is 0 Å². The second-order valence-electron chi connectivity index (χ2n) is 2.90. The van der Waals surface area contributed by atoms with Crippen molar-refractivity contribution in [2.24, 2.45) is 5.73 Å². The summed E-state index contributed by atoms with van der Waals surface area (Å²) in [6, 6.07) is 0.281. The van der Waals surface area contributed by atoms with Crippen LogP contribution in [0.2, 0.25) is 0 Å². The number of nitrogens with two attached hydrogens (primary N) is 1. The Morgan fingerprint density at radius 3 is 2.42 bits per heavy atom. The largest absolute Gasteiger partial charge is 0.481 e. The first-order chi connectivity index (χ1) is 5.54. The molecule has 0 spiro atoms. The van der Waals surface area contributed by atoms with E-state index in [9.17, 15) is 0 Å². The Morgan fingerprint density at radius 1 is 1.67 bits per heavy atom. The third kappa shape index (κ3) is 6.12. The topological polar surface area (TPSA) is 72.5 Å². The average Bonchev–Trinajstić information content (AvgIpc) is 1.94. The summed E-state index contributed by atoms with van der Waals surface area (Å²) in [6.45, 7) is 4.01. The molecule has 0 aliphatic carbocycles. The zero-order chi connectivity index (χ0) is 9.56. The van der Waals surface area contributed by atoms with E-state index in [0.717, 1.165) is 26.4 Å². The molecule has 3 N–H and O–H groups in total. The van der Waals surface area contributed by atoms with Crippen molar-refractivity contribution < 1.29 is 14.6 Å². The number of carbonyl (C=O) groups is 1. The number of hydrogen-bond donors (Lipinski definition) is 2. The maximum Gasteiger partial charge on any atom is 0.300 e. The minimum atomic E-state index is -0.833. The molecule has 0 aromatic heterocycles. The van der Waals surface area contributed by atoms with Gasteiger partial charge in [0, 0.05) is 19.6 Å². The molecule has 0 radical (unpaired) electrons. The molecule has 1 aliphatic rings. The fraction of sp³-hybridized carbons (Fsp3) is 0.875. The van der Waals surface area contributed by atoms with Gasteiger partial charge < -0.3 is 15.6 Å². The second kappa shape index (κ2) is 5.97. The Hall–Kier alpha value is -0.610. The van der Waals surface area contributed by atoms with E-state index in [-0.39, 0.29) is 12.1 Å². The van der Waals surface area contributed by atoms with Crippen LogP contribution in [0.1, 0.15) is 26.7 Å². The zero-order valence-corrected chi connectivity index (χ0v) is 7.62. The molecule has 1 saturated heterocycles. The molecule has 2 atom stereocenters. The van der Waals surface area contributed by atoms with Crippen LogP contribution in [0, 0.1) is 0 Å². The molecule has 4 heteroatoms. The molecule has 72 valence electrons. The van der Waals surface area contributed by atoms with E-state index in [0.29, 0.717) is 0 Å². The van der Waals surface area contributed by atoms with Crippen molar-refractivity contribution in [2.75, 3.05) is 6.61 Å². The van der Waals surface area contributed by atoms with Crippen LogP contribution < -0.4 is 5.73 Å². The Balaban J connectivity index is 0.000000261. The smallest absolute Gasteiger partial charge is 0.300 e. The molecule has 0 aromatic carbocycles. The standard InChI is InChI=1S/C6H13NO.C2H4O2/c1-5-6(7)3-2-4-8-5;1-2(3)4/h5-6H,2-4,7H2,1H3;1H3,(H,3,4). The maximum absolute atomic E-state index is 9.00. The Labute approximate surface area is 72.7 Å². The van der Waals surface area contributed by atoms with Gasteiger partial charge in [0.2, 0.25) is 0 Å². The van der Waals surface area contributed by atoms with Crippen molar-refractivity contribution in [1.82, 2.24) is 0 Å². The number of rotatable bonds is 0. The van der Waals surface area contributed by atoms with Crippen LogP contribution in [0.15, 0.2) is 0 Å². The Morgan fingerprint density at radius 2 is 2.17 bits per heavy atom. The van der Waals surface area contributed by atoms with Gasteiger partial charge in [0.1, 0.15) is 0 Å². The fourth-order valence-electron chi connectivity index (χ4n) is 0.947. The summed E-state index contributed by atoms with van der Waals surface area (Å²) in [5.74, 6) is -0.833. The first-order valence-electron chi connectivity index (χ1n) is 4.10. The molecule has 0 amide bonds. The molecule has 0 aromatic rings. The molecule has 0 bridgehead atoms. The van der Waals surface area contributed by atoms with Crippen LogP contribution in [-0.4, -0.2) is 29.8 Å². The summed E-state index contributed by atoms with van der Waals surface area (Å²) in [6.07, 6.45) is 2.54. The van der Waals surface area contributed by atoms with Crippen LogP contribution in [0.3, 0.4) is 0 Å². The summed E-state index contributed by atoms with van der Waals surface area (Å²) in [5, 5.41) is 7.42. The average molecular weight is 175 g/mol. The number of aliphatic carboxylic acids is 1. The Bertz CT molecular complexity index is 124. The molecular weight excluding hydrogens is 158 g/mol. The minimum absolute atomic E-state index is 0.281. The van der Waals surface area contributed by atoms with Crippen molar-refractivity contribution in [2.45, 2.75) is 38.8 Å². The Kier molecular flexibility index (Phi) is 5.66. The van der Waals surface area contributed by atoms with E-state index in [1.54, 1.807) is 0 Å². The molecular formula is C8H17NO3. The van der Waals surface area contributed by atoms with Crippen molar-refractivity contribution in [3.05, 3.63) is 0 Å². The molecule has 4 nitrogen and oxygen atoms in total. The van der Waals surface area contributed by atoms with E-state index in [4.69, 9.17) is 20.4 Å². The number of carboxylic acid groups (broad SMARTS) is 1. The summed E-state index contributed by atoms with van der Waals surface area (Å²) in [4.78, 5) is 9.00. The lowest BCUT2D eigenvalue weighted by Crippen LogP contribution is -2.38. The van der Waals surface area contributed by atoms with Crippen LogP contribution in [0.5, 0.6) is 0 Å². The van der Waals surface area contributed by atoms with Gasteiger partial charge in [-0.3, -0.25) is 4.79 Å². The molecule has 1 fully saturated rings. The van der Waals surface area contributed by atoms with Crippen molar-refractivity contribution >= 4 is 5.97 Å². The summed E-state index contributed by atoms with van der Waals surface area (Å²) >= 11 is 0. The molecule has 1 rings (SSSR count). The normalized spacial score (nSPS) is 28.6. The number of hydrogen-bond acceptors (Lipinski definition) is 3. The SMILES string of the molecule is CC(=O)O.CC1OCCCC1N. The first kappa shape index (κ1) is 11.4.